The number of hydrogen-bond donors (Lipinski definition) is 2. The van der Waals surface area contributed by atoms with Gasteiger partial charge < -0.3 is 10.4 Å². The van der Waals surface area contributed by atoms with Crippen LogP contribution in [0, 0.1) is 11.7 Å². The molecule has 1 aromatic rings. The van der Waals surface area contributed by atoms with Gasteiger partial charge in [0.05, 0.1) is 5.92 Å². The molecule has 0 aliphatic carbocycles. The van der Waals surface area contributed by atoms with E-state index in [2.05, 4.69) is 5.32 Å². The number of nitrogens with one attached hydrogen (secondary N) is 1. The minimum absolute atomic E-state index is 0.00679. The Labute approximate surface area is 134 Å². The van der Waals surface area contributed by atoms with E-state index in [9.17, 15) is 22.4 Å². The van der Waals surface area contributed by atoms with E-state index in [4.69, 9.17) is 5.11 Å². The maximum absolute atomic E-state index is 14.1. The monoisotopic (exact) mass is 346 g/mol. The molecule has 1 amide bonds. The van der Waals surface area contributed by atoms with Gasteiger partial charge in [-0.05, 0) is 18.2 Å². The van der Waals surface area contributed by atoms with Gasteiger partial charge in [-0.25, -0.2) is 12.8 Å². The standard InChI is InChI=1S/C14H19FN2O5S/c1-4-17(8-9(2)14(19)20)23(21,22)13-6-5-11(7-12(13)15)16-10(3)18/h5-7,9H,4,8H2,1-3H3,(H,16,18)(H,19,20). The van der Waals surface area contributed by atoms with Crippen LogP contribution in [0.3, 0.4) is 0 Å². The van der Waals surface area contributed by atoms with E-state index in [1.165, 1.54) is 26.8 Å². The number of rotatable bonds is 7. The molecule has 0 heterocycles. The van der Waals surface area contributed by atoms with Gasteiger partial charge >= 0.3 is 5.97 Å². The molecule has 0 saturated carbocycles. The van der Waals surface area contributed by atoms with Crippen molar-refractivity contribution in [2.75, 3.05) is 18.4 Å². The average Bonchev–Trinajstić information content (AvgIpc) is 2.42. The molecule has 0 aliphatic heterocycles. The predicted molar refractivity (Wildman–Crippen MR) is 81.9 cm³/mol. The van der Waals surface area contributed by atoms with Crippen LogP contribution in [0.2, 0.25) is 0 Å². The first kappa shape index (κ1) is 19.0. The molecule has 0 spiro atoms. The fourth-order valence-corrected chi connectivity index (χ4v) is 3.49. The number of carbonyl (C=O) groups excluding carboxylic acids is 1. The number of amides is 1. The topological polar surface area (TPSA) is 104 Å². The highest BCUT2D eigenvalue weighted by Crippen LogP contribution is 2.23. The minimum Gasteiger partial charge on any atom is -0.481 e. The zero-order chi connectivity index (χ0) is 17.8. The zero-order valence-corrected chi connectivity index (χ0v) is 13.9. The van der Waals surface area contributed by atoms with Crippen LogP contribution in [0.4, 0.5) is 10.1 Å². The van der Waals surface area contributed by atoms with Gasteiger partial charge in [-0.2, -0.15) is 4.31 Å². The number of anilines is 1. The highest BCUT2D eigenvalue weighted by Gasteiger charge is 2.29. The SMILES string of the molecule is CCN(CC(C)C(=O)O)S(=O)(=O)c1ccc(NC(C)=O)cc1F. The van der Waals surface area contributed by atoms with E-state index in [0.717, 1.165) is 16.4 Å². The lowest BCUT2D eigenvalue weighted by atomic mass is 10.2. The summed E-state index contributed by atoms with van der Waals surface area (Å²) in [7, 11) is -4.17. The average molecular weight is 346 g/mol. The summed E-state index contributed by atoms with van der Waals surface area (Å²) in [6.07, 6.45) is 0. The smallest absolute Gasteiger partial charge is 0.307 e. The Kier molecular flexibility index (Phi) is 6.22. The second kappa shape index (κ2) is 7.51. The molecule has 23 heavy (non-hydrogen) atoms. The van der Waals surface area contributed by atoms with Gasteiger partial charge in [0.15, 0.2) is 0 Å². The van der Waals surface area contributed by atoms with Crippen molar-refractivity contribution in [2.45, 2.75) is 25.7 Å². The van der Waals surface area contributed by atoms with Gasteiger partial charge in [-0.3, -0.25) is 9.59 Å². The molecule has 0 fully saturated rings. The van der Waals surface area contributed by atoms with Crippen LogP contribution in [0.15, 0.2) is 23.1 Å². The number of benzene rings is 1. The zero-order valence-electron chi connectivity index (χ0n) is 13.0. The molecule has 0 saturated heterocycles. The van der Waals surface area contributed by atoms with Crippen LogP contribution >= 0.6 is 0 Å². The lowest BCUT2D eigenvalue weighted by molar-refractivity contribution is -0.141. The Bertz CT molecular complexity index is 705. The number of carboxylic acid groups (broad SMARTS) is 1. The minimum atomic E-state index is -4.17. The number of carboxylic acids is 1. The van der Waals surface area contributed by atoms with E-state index in [1.807, 2.05) is 0 Å². The van der Waals surface area contributed by atoms with Crippen LogP contribution in [0.5, 0.6) is 0 Å². The van der Waals surface area contributed by atoms with Crippen molar-refractivity contribution >= 4 is 27.6 Å². The fraction of sp³-hybridized carbons (Fsp3) is 0.429. The van der Waals surface area contributed by atoms with E-state index < -0.39 is 38.5 Å². The number of carbonyl (C=O) groups is 2. The van der Waals surface area contributed by atoms with Crippen molar-refractivity contribution in [3.8, 4) is 0 Å². The Morgan fingerprint density at radius 3 is 2.43 bits per heavy atom. The summed E-state index contributed by atoms with van der Waals surface area (Å²) in [5, 5.41) is 11.3. The van der Waals surface area contributed by atoms with Gasteiger partial charge in [0.25, 0.3) is 0 Å². The Morgan fingerprint density at radius 1 is 1.39 bits per heavy atom. The molecule has 9 heteroatoms. The number of aliphatic carboxylic acids is 1. The van der Waals surface area contributed by atoms with Crippen molar-refractivity contribution in [3.63, 3.8) is 0 Å². The van der Waals surface area contributed by atoms with Gasteiger partial charge in [-0.1, -0.05) is 13.8 Å². The van der Waals surface area contributed by atoms with Gasteiger partial charge in [0.1, 0.15) is 10.7 Å². The van der Waals surface area contributed by atoms with Crippen LogP contribution in [-0.2, 0) is 19.6 Å². The molecule has 0 aromatic heterocycles. The Morgan fingerprint density at radius 2 is 2.00 bits per heavy atom. The van der Waals surface area contributed by atoms with E-state index in [0.29, 0.717) is 0 Å². The first-order valence-corrected chi connectivity index (χ1v) is 8.33. The summed E-state index contributed by atoms with van der Waals surface area (Å²) in [5.41, 5.74) is 0.135. The van der Waals surface area contributed by atoms with Crippen molar-refractivity contribution in [1.29, 1.82) is 0 Å². The van der Waals surface area contributed by atoms with Crippen LogP contribution in [0.1, 0.15) is 20.8 Å². The van der Waals surface area contributed by atoms with Gasteiger partial charge in [0.2, 0.25) is 15.9 Å². The molecule has 128 valence electrons. The number of nitrogens with zero attached hydrogens (tertiary/aromatic N) is 1. The number of sulfonamides is 1. The van der Waals surface area contributed by atoms with Crippen LogP contribution in [0.25, 0.3) is 0 Å². The summed E-state index contributed by atoms with van der Waals surface area (Å²) in [4.78, 5) is 21.3. The fourth-order valence-electron chi connectivity index (χ4n) is 1.91. The largest absolute Gasteiger partial charge is 0.481 e. The van der Waals surface area contributed by atoms with Gasteiger partial charge in [-0.15, -0.1) is 0 Å². The molecule has 1 atom stereocenters. The van der Waals surface area contributed by atoms with Crippen LogP contribution in [-0.4, -0.2) is 42.8 Å². The highest BCUT2D eigenvalue weighted by molar-refractivity contribution is 7.89. The van der Waals surface area contributed by atoms with Crippen molar-refractivity contribution in [1.82, 2.24) is 4.31 Å². The van der Waals surface area contributed by atoms with Crippen LogP contribution < -0.4 is 5.32 Å². The Balaban J connectivity index is 3.15. The van der Waals surface area contributed by atoms with E-state index >= 15 is 0 Å². The molecule has 1 unspecified atom stereocenters. The third-order valence-corrected chi connectivity index (χ3v) is 5.10. The molecule has 0 radical (unpaired) electrons. The summed E-state index contributed by atoms with van der Waals surface area (Å²) >= 11 is 0. The lowest BCUT2D eigenvalue weighted by Gasteiger charge is -2.22. The summed E-state index contributed by atoms with van der Waals surface area (Å²) in [5.74, 6) is -3.49. The predicted octanol–water partition coefficient (Wildman–Crippen LogP) is 1.52. The molecule has 0 bridgehead atoms. The first-order chi connectivity index (χ1) is 10.6. The molecular weight excluding hydrogens is 327 g/mol. The maximum atomic E-state index is 14.1. The van der Waals surface area contributed by atoms with E-state index in [1.54, 1.807) is 0 Å². The van der Waals surface area contributed by atoms with Gasteiger partial charge in [0, 0.05) is 25.7 Å². The molecule has 1 aromatic carbocycles. The second-order valence-electron chi connectivity index (χ2n) is 5.02. The summed E-state index contributed by atoms with van der Waals surface area (Å²) in [6, 6.07) is 3.22. The third kappa shape index (κ3) is 4.73. The number of halogens is 1. The molecule has 7 nitrogen and oxygen atoms in total. The van der Waals surface area contributed by atoms with Crippen molar-refractivity contribution < 1.29 is 27.5 Å². The van der Waals surface area contributed by atoms with Crippen molar-refractivity contribution in [3.05, 3.63) is 24.0 Å². The summed E-state index contributed by atoms with van der Waals surface area (Å²) < 4.78 is 40.0. The lowest BCUT2D eigenvalue weighted by Crippen LogP contribution is -2.37. The number of hydrogen-bond acceptors (Lipinski definition) is 4. The van der Waals surface area contributed by atoms with E-state index in [-0.39, 0.29) is 18.8 Å². The third-order valence-electron chi connectivity index (χ3n) is 3.12. The maximum Gasteiger partial charge on any atom is 0.307 e. The summed E-state index contributed by atoms with van der Waals surface area (Å²) in [6.45, 7) is 3.90. The quantitative estimate of drug-likeness (QED) is 0.779. The highest BCUT2D eigenvalue weighted by atomic mass is 32.2. The molecular formula is C14H19FN2O5S. The second-order valence-corrected chi connectivity index (χ2v) is 6.93. The first-order valence-electron chi connectivity index (χ1n) is 6.89. The van der Waals surface area contributed by atoms with Crippen molar-refractivity contribution in [2.24, 2.45) is 5.92 Å². The molecule has 1 rings (SSSR count). The normalized spacial score (nSPS) is 12.9. The Hall–Kier alpha value is -2.00. The molecule has 0 aliphatic rings. The molecule has 2 N–H and O–H groups in total.